The van der Waals surface area contributed by atoms with E-state index in [0.29, 0.717) is 17.1 Å². The highest BCUT2D eigenvalue weighted by Gasteiger charge is 2.18. The van der Waals surface area contributed by atoms with Gasteiger partial charge in [-0.15, -0.1) is 0 Å². The second-order valence-electron chi connectivity index (χ2n) is 4.75. The Morgan fingerprint density at radius 2 is 1.86 bits per heavy atom. The molecule has 0 radical (unpaired) electrons. The third kappa shape index (κ3) is 4.80. The van der Waals surface area contributed by atoms with Gasteiger partial charge in [0.25, 0.3) is 5.91 Å². The third-order valence-electron chi connectivity index (χ3n) is 2.92. The summed E-state index contributed by atoms with van der Waals surface area (Å²) in [6.45, 7) is 1.53. The molecule has 0 aliphatic rings. The number of methoxy groups -OCH3 is 2. The van der Waals surface area contributed by atoms with Gasteiger partial charge in [-0.2, -0.15) is 0 Å². The average Bonchev–Trinajstić information content (AvgIpc) is 2.51. The van der Waals surface area contributed by atoms with E-state index in [9.17, 15) is 9.59 Å². The summed E-state index contributed by atoms with van der Waals surface area (Å²) < 4.78 is 15.4. The molecule has 0 N–H and O–H groups in total. The van der Waals surface area contributed by atoms with Gasteiger partial charge < -0.3 is 19.1 Å². The van der Waals surface area contributed by atoms with Gasteiger partial charge >= 0.3 is 5.97 Å². The van der Waals surface area contributed by atoms with E-state index in [4.69, 9.17) is 14.2 Å². The quantitative estimate of drug-likeness (QED) is 0.591. The maximum Gasteiger partial charge on any atom is 0.331 e. The van der Waals surface area contributed by atoms with E-state index < -0.39 is 12.1 Å². The van der Waals surface area contributed by atoms with Crippen molar-refractivity contribution in [3.63, 3.8) is 0 Å². The number of likely N-dealkylation sites (N-methyl/N-ethyl adjacent to an activating group) is 1. The molecule has 0 aliphatic heterocycles. The second kappa shape index (κ2) is 8.07. The molecule has 0 heterocycles. The number of benzene rings is 1. The first-order valence-corrected chi connectivity index (χ1v) is 6.71. The van der Waals surface area contributed by atoms with Crippen LogP contribution < -0.4 is 9.47 Å². The second-order valence-corrected chi connectivity index (χ2v) is 4.75. The lowest BCUT2D eigenvalue weighted by Gasteiger charge is -2.16. The highest BCUT2D eigenvalue weighted by molar-refractivity contribution is 5.90. The van der Waals surface area contributed by atoms with E-state index in [-0.39, 0.29) is 5.91 Å². The minimum Gasteiger partial charge on any atom is -0.497 e. The Morgan fingerprint density at radius 1 is 1.18 bits per heavy atom. The van der Waals surface area contributed by atoms with Gasteiger partial charge in [0.2, 0.25) is 0 Å². The Balaban J connectivity index is 2.79. The summed E-state index contributed by atoms with van der Waals surface area (Å²) in [5, 5.41) is 0. The molecule has 6 nitrogen and oxygen atoms in total. The molecule has 0 saturated carbocycles. The maximum absolute atomic E-state index is 11.8. The van der Waals surface area contributed by atoms with Crippen LogP contribution in [0.1, 0.15) is 12.5 Å². The average molecular weight is 307 g/mol. The fourth-order valence-electron chi connectivity index (χ4n) is 1.76. The molecule has 0 saturated heterocycles. The molecule has 1 aromatic rings. The fourth-order valence-corrected chi connectivity index (χ4v) is 1.76. The van der Waals surface area contributed by atoms with E-state index in [0.717, 1.165) is 0 Å². The monoisotopic (exact) mass is 307 g/mol. The Bertz CT molecular complexity index is 566. The molecule has 1 rings (SSSR count). The predicted octanol–water partition coefficient (Wildman–Crippen LogP) is 1.74. The Morgan fingerprint density at radius 3 is 2.41 bits per heavy atom. The molecular formula is C16H21NO5. The van der Waals surface area contributed by atoms with Crippen molar-refractivity contribution < 1.29 is 23.8 Å². The summed E-state index contributed by atoms with van der Waals surface area (Å²) >= 11 is 0. The van der Waals surface area contributed by atoms with Crippen LogP contribution in [0.4, 0.5) is 0 Å². The summed E-state index contributed by atoms with van der Waals surface area (Å²) in [5.41, 5.74) is 0.672. The molecule has 120 valence electrons. The molecule has 1 aromatic carbocycles. The number of esters is 1. The van der Waals surface area contributed by atoms with Crippen molar-refractivity contribution in [1.29, 1.82) is 0 Å². The van der Waals surface area contributed by atoms with Crippen molar-refractivity contribution in [2.75, 3.05) is 28.3 Å². The third-order valence-corrected chi connectivity index (χ3v) is 2.92. The minimum absolute atomic E-state index is 0.277. The van der Waals surface area contributed by atoms with E-state index in [1.54, 1.807) is 45.5 Å². The molecule has 0 spiro atoms. The Kier molecular flexibility index (Phi) is 6.44. The summed E-state index contributed by atoms with van der Waals surface area (Å²) in [5.74, 6) is 0.362. The molecule has 0 unspecified atom stereocenters. The van der Waals surface area contributed by atoms with Crippen molar-refractivity contribution in [1.82, 2.24) is 4.90 Å². The van der Waals surface area contributed by atoms with E-state index in [1.165, 1.54) is 25.0 Å². The van der Waals surface area contributed by atoms with Crippen LogP contribution in [0, 0.1) is 0 Å². The van der Waals surface area contributed by atoms with Gasteiger partial charge in [-0.25, -0.2) is 4.79 Å². The zero-order valence-electron chi connectivity index (χ0n) is 13.5. The Labute approximate surface area is 130 Å². The number of ether oxygens (including phenoxy) is 3. The molecule has 1 atom stereocenters. The molecule has 0 aromatic heterocycles. The number of hydrogen-bond acceptors (Lipinski definition) is 5. The van der Waals surface area contributed by atoms with Crippen molar-refractivity contribution >= 4 is 18.0 Å². The van der Waals surface area contributed by atoms with E-state index in [2.05, 4.69) is 0 Å². The molecule has 0 aliphatic carbocycles. The molecule has 0 fully saturated rings. The number of nitrogens with zero attached hydrogens (tertiary/aromatic N) is 1. The SMILES string of the molecule is COc1ccc(OC)c(/C=C/C(=O)O[C@@H](C)C(=O)N(C)C)c1. The molecular weight excluding hydrogens is 286 g/mol. The van der Waals surface area contributed by atoms with Crippen molar-refractivity contribution in [3.8, 4) is 11.5 Å². The minimum atomic E-state index is -0.834. The predicted molar refractivity (Wildman–Crippen MR) is 82.8 cm³/mol. The summed E-state index contributed by atoms with van der Waals surface area (Å²) in [7, 11) is 6.29. The van der Waals surface area contributed by atoms with Crippen LogP contribution in [0.3, 0.4) is 0 Å². The van der Waals surface area contributed by atoms with Crippen LogP contribution in [0.5, 0.6) is 11.5 Å². The number of carbonyl (C=O) groups is 2. The van der Waals surface area contributed by atoms with Crippen LogP contribution in [0.2, 0.25) is 0 Å². The summed E-state index contributed by atoms with van der Waals surface area (Å²) in [4.78, 5) is 24.7. The first-order chi connectivity index (χ1) is 10.4. The van der Waals surface area contributed by atoms with Gasteiger partial charge in [-0.05, 0) is 31.2 Å². The maximum atomic E-state index is 11.8. The first kappa shape index (κ1) is 17.6. The van der Waals surface area contributed by atoms with Crippen molar-refractivity contribution in [2.24, 2.45) is 0 Å². The molecule has 1 amide bonds. The molecule has 6 heteroatoms. The fraction of sp³-hybridized carbons (Fsp3) is 0.375. The van der Waals surface area contributed by atoms with Gasteiger partial charge in [0.15, 0.2) is 6.10 Å². The first-order valence-electron chi connectivity index (χ1n) is 6.71. The summed E-state index contributed by atoms with van der Waals surface area (Å²) in [6.07, 6.45) is 1.96. The van der Waals surface area contributed by atoms with Gasteiger partial charge in [-0.3, -0.25) is 4.79 Å². The number of rotatable bonds is 6. The number of hydrogen-bond donors (Lipinski definition) is 0. The van der Waals surface area contributed by atoms with Gasteiger partial charge in [-0.1, -0.05) is 0 Å². The standard InChI is InChI=1S/C16H21NO5/c1-11(16(19)17(2)3)22-15(18)9-6-12-10-13(20-4)7-8-14(12)21-5/h6-11H,1-5H3/b9-6+/t11-/m0/s1. The lowest BCUT2D eigenvalue weighted by Crippen LogP contribution is -2.34. The van der Waals surface area contributed by atoms with E-state index in [1.807, 2.05) is 0 Å². The number of carbonyl (C=O) groups excluding carboxylic acids is 2. The highest BCUT2D eigenvalue weighted by atomic mass is 16.5. The lowest BCUT2D eigenvalue weighted by molar-refractivity contribution is -0.153. The topological polar surface area (TPSA) is 65.1 Å². The number of amides is 1. The summed E-state index contributed by atoms with van der Waals surface area (Å²) in [6, 6.07) is 5.23. The zero-order valence-corrected chi connectivity index (χ0v) is 13.5. The van der Waals surface area contributed by atoms with Crippen LogP contribution in [-0.4, -0.2) is 51.2 Å². The highest BCUT2D eigenvalue weighted by Crippen LogP contribution is 2.25. The van der Waals surface area contributed by atoms with Crippen LogP contribution in [0.25, 0.3) is 6.08 Å². The Hall–Kier alpha value is -2.50. The van der Waals surface area contributed by atoms with Crippen LogP contribution >= 0.6 is 0 Å². The molecule has 0 bridgehead atoms. The van der Waals surface area contributed by atoms with Gasteiger partial charge in [0, 0.05) is 25.7 Å². The van der Waals surface area contributed by atoms with Gasteiger partial charge in [0.05, 0.1) is 14.2 Å². The van der Waals surface area contributed by atoms with Crippen molar-refractivity contribution in [3.05, 3.63) is 29.8 Å². The van der Waals surface area contributed by atoms with E-state index >= 15 is 0 Å². The zero-order chi connectivity index (χ0) is 16.7. The largest absolute Gasteiger partial charge is 0.497 e. The van der Waals surface area contributed by atoms with Gasteiger partial charge in [0.1, 0.15) is 11.5 Å². The van der Waals surface area contributed by atoms with Crippen LogP contribution in [0.15, 0.2) is 24.3 Å². The van der Waals surface area contributed by atoms with Crippen molar-refractivity contribution in [2.45, 2.75) is 13.0 Å². The molecule has 22 heavy (non-hydrogen) atoms. The normalized spacial score (nSPS) is 11.9. The lowest BCUT2D eigenvalue weighted by atomic mass is 10.1. The smallest absolute Gasteiger partial charge is 0.331 e. The van der Waals surface area contributed by atoms with Crippen LogP contribution in [-0.2, 0) is 14.3 Å².